The maximum atomic E-state index is 12.9. The lowest BCUT2D eigenvalue weighted by molar-refractivity contribution is -0.136. The van der Waals surface area contributed by atoms with Crippen LogP contribution in [0.1, 0.15) is 64.8 Å². The minimum Gasteiger partial charge on any atom is -0.494 e. The summed E-state index contributed by atoms with van der Waals surface area (Å²) in [6.45, 7) is 2.35. The first-order chi connectivity index (χ1) is 17.7. The van der Waals surface area contributed by atoms with Gasteiger partial charge in [0.25, 0.3) is 21.9 Å². The summed E-state index contributed by atoms with van der Waals surface area (Å²) in [6, 6.07) is 10.1. The van der Waals surface area contributed by atoms with E-state index in [2.05, 4.69) is 5.32 Å². The first kappa shape index (κ1) is 26.5. The molecule has 10 nitrogen and oxygen atoms in total. The molecule has 37 heavy (non-hydrogen) atoms. The number of aryl methyl sites for hydroxylation is 1. The summed E-state index contributed by atoms with van der Waals surface area (Å²) < 4.78 is 35.2. The number of piperidine rings is 1. The maximum absolute atomic E-state index is 12.9. The number of unbranched alkanes of at least 4 members (excludes halogenated alkanes) is 3. The second-order valence-corrected chi connectivity index (χ2v) is 10.6. The Labute approximate surface area is 215 Å². The van der Waals surface area contributed by atoms with Gasteiger partial charge in [0, 0.05) is 6.42 Å². The fourth-order valence-electron chi connectivity index (χ4n) is 4.23. The Bertz CT molecular complexity index is 1320. The van der Waals surface area contributed by atoms with Crippen LogP contribution in [-0.4, -0.2) is 56.2 Å². The molecule has 4 rings (SSSR count). The van der Waals surface area contributed by atoms with Crippen LogP contribution in [0.5, 0.6) is 5.75 Å². The molecule has 0 bridgehead atoms. The van der Waals surface area contributed by atoms with Crippen molar-refractivity contribution in [2.45, 2.75) is 56.4 Å². The number of benzene rings is 2. The normalized spacial score (nSPS) is 17.6. The largest absolute Gasteiger partial charge is 0.494 e. The summed E-state index contributed by atoms with van der Waals surface area (Å²) >= 11 is 0. The monoisotopic (exact) mass is 528 g/mol. The summed E-state index contributed by atoms with van der Waals surface area (Å²) in [5.41, 5.74) is 1.33. The van der Waals surface area contributed by atoms with Gasteiger partial charge in [0.2, 0.25) is 11.8 Å². The molecule has 2 aliphatic rings. The Morgan fingerprint density at radius 1 is 0.892 bits per heavy atom. The highest BCUT2D eigenvalue weighted by Gasteiger charge is 2.44. The molecule has 2 aliphatic heterocycles. The highest BCUT2D eigenvalue weighted by molar-refractivity contribution is 7.86. The standard InChI is InChI=1S/C26H28N2O8S/c1-17-6-9-19(10-7-17)37(33,34)36-15-5-3-2-4-14-35-18-8-11-20-21(16-18)26(32)28(25(20)31)22-12-13-23(29)27-24(22)30/h6-11,16,22H,2-5,12-15H2,1H3,(H,27,29,30). The second kappa shape index (κ2) is 11.2. The fraction of sp³-hybridized carbons (Fsp3) is 0.385. The van der Waals surface area contributed by atoms with Crippen LogP contribution in [-0.2, 0) is 23.9 Å². The molecule has 0 saturated carbocycles. The number of nitrogens with one attached hydrogen (secondary N) is 1. The molecule has 1 unspecified atom stereocenters. The van der Waals surface area contributed by atoms with Crippen molar-refractivity contribution in [1.29, 1.82) is 0 Å². The van der Waals surface area contributed by atoms with Crippen molar-refractivity contribution in [3.8, 4) is 5.75 Å². The smallest absolute Gasteiger partial charge is 0.296 e. The Morgan fingerprint density at radius 3 is 2.27 bits per heavy atom. The molecule has 2 aromatic carbocycles. The van der Waals surface area contributed by atoms with E-state index in [-0.39, 0.29) is 35.5 Å². The number of nitrogens with zero attached hydrogens (tertiary/aromatic N) is 1. The van der Waals surface area contributed by atoms with Crippen molar-refractivity contribution < 1.29 is 36.5 Å². The number of amides is 4. The van der Waals surface area contributed by atoms with Crippen molar-refractivity contribution >= 4 is 33.7 Å². The number of hydrogen-bond acceptors (Lipinski definition) is 8. The molecule has 0 aromatic heterocycles. The molecular formula is C26H28N2O8S. The minimum absolute atomic E-state index is 0.0624. The summed E-state index contributed by atoms with van der Waals surface area (Å²) in [4.78, 5) is 50.2. The van der Waals surface area contributed by atoms with E-state index in [1.54, 1.807) is 18.2 Å². The molecule has 11 heteroatoms. The zero-order valence-corrected chi connectivity index (χ0v) is 21.2. The molecule has 1 fully saturated rings. The zero-order valence-electron chi connectivity index (χ0n) is 20.4. The molecule has 0 aliphatic carbocycles. The fourth-order valence-corrected chi connectivity index (χ4v) is 5.17. The van der Waals surface area contributed by atoms with E-state index >= 15 is 0 Å². The van der Waals surface area contributed by atoms with Crippen molar-refractivity contribution in [3.05, 3.63) is 59.2 Å². The van der Waals surface area contributed by atoms with Crippen LogP contribution >= 0.6 is 0 Å². The summed E-state index contributed by atoms with van der Waals surface area (Å²) in [6.07, 6.45) is 2.99. The number of fused-ring (bicyclic) bond motifs is 1. The van der Waals surface area contributed by atoms with Gasteiger partial charge < -0.3 is 4.74 Å². The molecular weight excluding hydrogens is 500 g/mol. The molecule has 1 N–H and O–H groups in total. The first-order valence-corrected chi connectivity index (χ1v) is 13.5. The topological polar surface area (TPSA) is 136 Å². The quantitative estimate of drug-likeness (QED) is 0.267. The molecule has 1 atom stereocenters. The average Bonchev–Trinajstić information content (AvgIpc) is 3.10. The molecule has 1 saturated heterocycles. The third-order valence-electron chi connectivity index (χ3n) is 6.27. The summed E-state index contributed by atoms with van der Waals surface area (Å²) in [5.74, 6) is -1.79. The third-order valence-corrected chi connectivity index (χ3v) is 7.59. The Kier molecular flexibility index (Phi) is 8.03. The lowest BCUT2D eigenvalue weighted by Crippen LogP contribution is -2.54. The van der Waals surface area contributed by atoms with Gasteiger partial charge in [-0.1, -0.05) is 24.1 Å². The van der Waals surface area contributed by atoms with Gasteiger partial charge in [-0.3, -0.25) is 33.6 Å². The van der Waals surface area contributed by atoms with Crippen LogP contribution in [0.25, 0.3) is 0 Å². The average molecular weight is 529 g/mol. The molecule has 2 aromatic rings. The lowest BCUT2D eigenvalue weighted by Gasteiger charge is -2.27. The number of ether oxygens (including phenoxy) is 1. The van der Waals surface area contributed by atoms with Crippen molar-refractivity contribution in [3.63, 3.8) is 0 Å². The van der Waals surface area contributed by atoms with Gasteiger partial charge in [0.05, 0.1) is 29.2 Å². The third kappa shape index (κ3) is 6.05. The van der Waals surface area contributed by atoms with Gasteiger partial charge in [0.15, 0.2) is 0 Å². The van der Waals surface area contributed by atoms with Gasteiger partial charge >= 0.3 is 0 Å². The van der Waals surface area contributed by atoms with Crippen LogP contribution in [0.15, 0.2) is 47.4 Å². The van der Waals surface area contributed by atoms with Crippen molar-refractivity contribution in [2.75, 3.05) is 13.2 Å². The predicted molar refractivity (Wildman–Crippen MR) is 131 cm³/mol. The van der Waals surface area contributed by atoms with E-state index in [4.69, 9.17) is 8.92 Å². The predicted octanol–water partition coefficient (Wildman–Crippen LogP) is 2.74. The van der Waals surface area contributed by atoms with Crippen molar-refractivity contribution in [2.24, 2.45) is 0 Å². The van der Waals surface area contributed by atoms with E-state index in [9.17, 15) is 27.6 Å². The number of rotatable bonds is 11. The molecule has 0 spiro atoms. The van der Waals surface area contributed by atoms with E-state index < -0.39 is 39.8 Å². The Balaban J connectivity index is 1.19. The maximum Gasteiger partial charge on any atom is 0.296 e. The number of imide groups is 2. The van der Waals surface area contributed by atoms with Crippen LogP contribution in [0, 0.1) is 6.92 Å². The Morgan fingerprint density at radius 2 is 1.57 bits per heavy atom. The number of hydrogen-bond donors (Lipinski definition) is 1. The van der Waals surface area contributed by atoms with Crippen molar-refractivity contribution in [1.82, 2.24) is 10.2 Å². The molecule has 196 valence electrons. The molecule has 2 heterocycles. The molecule has 4 amide bonds. The number of carbonyl (C=O) groups excluding carboxylic acids is 4. The van der Waals surface area contributed by atoms with E-state index in [1.165, 1.54) is 24.3 Å². The van der Waals surface area contributed by atoms with E-state index in [1.807, 2.05) is 6.92 Å². The Hall–Kier alpha value is -3.57. The SMILES string of the molecule is Cc1ccc(S(=O)(=O)OCCCCCCOc2ccc3c(c2)C(=O)N(C2CCC(=O)NC2=O)C3=O)cc1. The highest BCUT2D eigenvalue weighted by atomic mass is 32.2. The van der Waals surface area contributed by atoms with Gasteiger partial charge in [-0.15, -0.1) is 0 Å². The van der Waals surface area contributed by atoms with Crippen LogP contribution < -0.4 is 10.1 Å². The van der Waals surface area contributed by atoms with E-state index in [0.717, 1.165) is 23.3 Å². The molecule has 0 radical (unpaired) electrons. The van der Waals surface area contributed by atoms with Gasteiger partial charge in [-0.25, -0.2) is 0 Å². The zero-order chi connectivity index (χ0) is 26.6. The number of carbonyl (C=O) groups is 4. The highest BCUT2D eigenvalue weighted by Crippen LogP contribution is 2.30. The second-order valence-electron chi connectivity index (χ2n) is 9.01. The van der Waals surface area contributed by atoms with Crippen LogP contribution in [0.4, 0.5) is 0 Å². The summed E-state index contributed by atoms with van der Waals surface area (Å²) in [7, 11) is -3.76. The van der Waals surface area contributed by atoms with Gasteiger partial charge in [-0.05, 0) is 62.9 Å². The van der Waals surface area contributed by atoms with E-state index in [0.29, 0.717) is 25.2 Å². The first-order valence-electron chi connectivity index (χ1n) is 12.1. The summed E-state index contributed by atoms with van der Waals surface area (Å²) in [5, 5.41) is 2.17. The van der Waals surface area contributed by atoms with Crippen LogP contribution in [0.2, 0.25) is 0 Å². The lowest BCUT2D eigenvalue weighted by atomic mass is 10.0. The van der Waals surface area contributed by atoms with Crippen LogP contribution in [0.3, 0.4) is 0 Å². The van der Waals surface area contributed by atoms with Gasteiger partial charge in [-0.2, -0.15) is 8.42 Å². The van der Waals surface area contributed by atoms with Gasteiger partial charge in [0.1, 0.15) is 11.8 Å². The minimum atomic E-state index is -3.76.